The molecule has 29 heavy (non-hydrogen) atoms. The Kier molecular flexibility index (Phi) is 6.24. The Bertz CT molecular complexity index is 828. The lowest BCUT2D eigenvalue weighted by Gasteiger charge is -2.39. The maximum absolute atomic E-state index is 14.0. The van der Waals surface area contributed by atoms with Gasteiger partial charge < -0.3 is 9.80 Å². The van der Waals surface area contributed by atoms with Crippen LogP contribution in [0.2, 0.25) is 0 Å². The molecule has 0 spiro atoms. The second-order valence-electron chi connectivity index (χ2n) is 8.46. The third kappa shape index (κ3) is 4.50. The van der Waals surface area contributed by atoms with Crippen molar-refractivity contribution < 1.29 is 9.18 Å². The number of hydrogen-bond acceptors (Lipinski definition) is 3. The first kappa shape index (κ1) is 20.0. The van der Waals surface area contributed by atoms with E-state index >= 15 is 0 Å². The van der Waals surface area contributed by atoms with Crippen LogP contribution in [0.5, 0.6) is 0 Å². The number of carbonyl (C=O) groups excluding carboxylic acids is 1. The van der Waals surface area contributed by atoms with E-state index in [1.54, 1.807) is 18.3 Å². The molecule has 0 saturated carbocycles. The summed E-state index contributed by atoms with van der Waals surface area (Å²) in [5.74, 6) is 0.164. The molecule has 1 aromatic carbocycles. The molecule has 4 nitrogen and oxygen atoms in total. The minimum atomic E-state index is -0.200. The number of aromatic nitrogens is 1. The van der Waals surface area contributed by atoms with Crippen LogP contribution in [0.3, 0.4) is 0 Å². The van der Waals surface area contributed by atoms with E-state index in [0.717, 1.165) is 43.5 Å². The maximum atomic E-state index is 14.0. The second kappa shape index (κ2) is 9.04. The number of pyridine rings is 1. The highest BCUT2D eigenvalue weighted by Gasteiger charge is 2.45. The van der Waals surface area contributed by atoms with E-state index in [2.05, 4.69) is 21.8 Å². The van der Waals surface area contributed by atoms with E-state index in [9.17, 15) is 9.18 Å². The number of aryl methyl sites for hydroxylation is 1. The summed E-state index contributed by atoms with van der Waals surface area (Å²) in [6.45, 7) is 1.66. The zero-order valence-electron chi connectivity index (χ0n) is 17.1. The quantitative estimate of drug-likeness (QED) is 0.785. The van der Waals surface area contributed by atoms with Gasteiger partial charge in [-0.15, -0.1) is 0 Å². The normalized spacial score (nSPS) is 25.3. The molecule has 154 valence electrons. The van der Waals surface area contributed by atoms with E-state index in [1.807, 2.05) is 24.4 Å². The van der Waals surface area contributed by atoms with Gasteiger partial charge in [0.05, 0.1) is 6.04 Å². The number of rotatable bonds is 4. The number of benzene rings is 1. The topological polar surface area (TPSA) is 36.4 Å². The molecule has 0 bridgehead atoms. The van der Waals surface area contributed by atoms with Gasteiger partial charge >= 0.3 is 0 Å². The molecule has 4 rings (SSSR count). The van der Waals surface area contributed by atoms with Gasteiger partial charge in [0.15, 0.2) is 0 Å². The molecular formula is C24H30FN3O. The smallest absolute Gasteiger partial charge is 0.223 e. The van der Waals surface area contributed by atoms with E-state index in [4.69, 9.17) is 0 Å². The lowest BCUT2D eigenvalue weighted by atomic mass is 9.86. The van der Waals surface area contributed by atoms with E-state index in [1.165, 1.54) is 12.5 Å². The van der Waals surface area contributed by atoms with Gasteiger partial charge in [-0.2, -0.15) is 0 Å². The molecule has 3 atom stereocenters. The average molecular weight is 396 g/mol. The Morgan fingerprint density at radius 3 is 2.90 bits per heavy atom. The summed E-state index contributed by atoms with van der Waals surface area (Å²) in [7, 11) is 2.15. The fraction of sp³-hybridized carbons (Fsp3) is 0.500. The van der Waals surface area contributed by atoms with Crippen LogP contribution in [0, 0.1) is 5.82 Å². The zero-order valence-corrected chi connectivity index (χ0v) is 17.1. The molecule has 1 aromatic heterocycles. The summed E-state index contributed by atoms with van der Waals surface area (Å²) in [6, 6.07) is 11.3. The summed E-state index contributed by atoms with van der Waals surface area (Å²) in [5, 5.41) is 0. The highest BCUT2D eigenvalue weighted by molar-refractivity contribution is 5.77. The first-order chi connectivity index (χ1) is 14.1. The third-order valence-electron chi connectivity index (χ3n) is 6.56. The molecule has 3 heterocycles. The monoisotopic (exact) mass is 395 g/mol. The molecule has 2 aliphatic rings. The molecule has 2 aliphatic heterocycles. The number of amides is 1. The maximum Gasteiger partial charge on any atom is 0.223 e. The number of likely N-dealkylation sites (N-methyl/N-ethyl adjacent to an activating group) is 1. The van der Waals surface area contributed by atoms with Gasteiger partial charge in [0, 0.05) is 43.9 Å². The Morgan fingerprint density at radius 2 is 2.10 bits per heavy atom. The molecule has 0 aliphatic carbocycles. The van der Waals surface area contributed by atoms with Gasteiger partial charge in [0.25, 0.3) is 0 Å². The van der Waals surface area contributed by atoms with Crippen molar-refractivity contribution in [2.75, 3.05) is 20.1 Å². The molecule has 2 aromatic rings. The van der Waals surface area contributed by atoms with Crippen LogP contribution in [0.1, 0.15) is 49.1 Å². The standard InChI is InChI=1S/C24H30FN3O/c1-27-17-21(19-8-5-9-20(25)15-19)24-22(27)10-3-2-4-14-28(24)23(29)12-11-18-7-6-13-26-16-18/h5-9,13,15-16,21-22,24H,2-4,10-12,14,17H2,1H3/t21-,22+,24-/m0/s1. The second-order valence-corrected chi connectivity index (χ2v) is 8.46. The molecule has 2 fully saturated rings. The van der Waals surface area contributed by atoms with Gasteiger partial charge in [-0.1, -0.05) is 31.0 Å². The summed E-state index contributed by atoms with van der Waals surface area (Å²) >= 11 is 0. The fourth-order valence-electron chi connectivity index (χ4n) is 5.13. The van der Waals surface area contributed by atoms with Crippen LogP contribution in [-0.2, 0) is 11.2 Å². The number of likely N-dealkylation sites (tertiary alicyclic amines) is 2. The fourth-order valence-corrected chi connectivity index (χ4v) is 5.13. The van der Waals surface area contributed by atoms with Crippen LogP contribution in [0.15, 0.2) is 48.8 Å². The summed E-state index contributed by atoms with van der Waals surface area (Å²) in [6.07, 6.45) is 9.29. The van der Waals surface area contributed by atoms with Crippen LogP contribution in [0.4, 0.5) is 4.39 Å². The molecule has 0 unspecified atom stereocenters. The third-order valence-corrected chi connectivity index (χ3v) is 6.56. The Balaban J connectivity index is 1.58. The highest BCUT2D eigenvalue weighted by atomic mass is 19.1. The van der Waals surface area contributed by atoms with Crippen molar-refractivity contribution in [3.8, 4) is 0 Å². The first-order valence-corrected chi connectivity index (χ1v) is 10.8. The van der Waals surface area contributed by atoms with Crippen LogP contribution < -0.4 is 0 Å². The number of carbonyl (C=O) groups is 1. The highest BCUT2D eigenvalue weighted by Crippen LogP contribution is 2.38. The van der Waals surface area contributed by atoms with Crippen molar-refractivity contribution in [2.45, 2.75) is 56.5 Å². The predicted octanol–water partition coefficient (Wildman–Crippen LogP) is 4.02. The number of nitrogens with zero attached hydrogens (tertiary/aromatic N) is 3. The van der Waals surface area contributed by atoms with Crippen LogP contribution in [-0.4, -0.2) is 52.9 Å². The van der Waals surface area contributed by atoms with Gasteiger partial charge in [0.1, 0.15) is 5.82 Å². The van der Waals surface area contributed by atoms with Gasteiger partial charge in [-0.3, -0.25) is 9.78 Å². The van der Waals surface area contributed by atoms with Crippen molar-refractivity contribution in [1.82, 2.24) is 14.8 Å². The van der Waals surface area contributed by atoms with Crippen molar-refractivity contribution in [2.24, 2.45) is 0 Å². The van der Waals surface area contributed by atoms with Crippen LogP contribution >= 0.6 is 0 Å². The summed E-state index contributed by atoms with van der Waals surface area (Å²) in [5.41, 5.74) is 2.10. The lowest BCUT2D eigenvalue weighted by molar-refractivity contribution is -0.134. The van der Waals surface area contributed by atoms with E-state index < -0.39 is 0 Å². The van der Waals surface area contributed by atoms with Crippen LogP contribution in [0.25, 0.3) is 0 Å². The Labute approximate surface area is 172 Å². The number of hydrogen-bond donors (Lipinski definition) is 0. The van der Waals surface area contributed by atoms with Crippen molar-refractivity contribution in [3.05, 3.63) is 65.7 Å². The Hall–Kier alpha value is -2.27. The zero-order chi connectivity index (χ0) is 20.2. The van der Waals surface area contributed by atoms with E-state index in [0.29, 0.717) is 18.9 Å². The molecule has 5 heteroatoms. The molecule has 0 radical (unpaired) electrons. The van der Waals surface area contributed by atoms with Crippen molar-refractivity contribution in [1.29, 1.82) is 0 Å². The van der Waals surface area contributed by atoms with E-state index in [-0.39, 0.29) is 23.7 Å². The number of fused-ring (bicyclic) bond motifs is 1. The Morgan fingerprint density at radius 1 is 1.21 bits per heavy atom. The summed E-state index contributed by atoms with van der Waals surface area (Å²) in [4.78, 5) is 22.0. The summed E-state index contributed by atoms with van der Waals surface area (Å²) < 4.78 is 14.0. The van der Waals surface area contributed by atoms with Gasteiger partial charge in [-0.05, 0) is 55.6 Å². The molecular weight excluding hydrogens is 365 g/mol. The predicted molar refractivity (Wildman–Crippen MR) is 112 cm³/mol. The minimum absolute atomic E-state index is 0.114. The molecule has 1 amide bonds. The van der Waals surface area contributed by atoms with Crippen molar-refractivity contribution >= 4 is 5.91 Å². The first-order valence-electron chi connectivity index (χ1n) is 10.8. The SMILES string of the molecule is CN1C[C@@H](c2cccc(F)c2)[C@H]2[C@H]1CCCCCN2C(=O)CCc1cccnc1. The molecule has 2 saturated heterocycles. The number of halogens is 1. The largest absolute Gasteiger partial charge is 0.337 e. The van der Waals surface area contributed by atoms with Crippen molar-refractivity contribution in [3.63, 3.8) is 0 Å². The minimum Gasteiger partial charge on any atom is -0.337 e. The van der Waals surface area contributed by atoms with Gasteiger partial charge in [-0.25, -0.2) is 4.39 Å². The molecule has 0 N–H and O–H groups in total. The van der Waals surface area contributed by atoms with Gasteiger partial charge in [0.2, 0.25) is 5.91 Å². The average Bonchev–Trinajstić information content (AvgIpc) is 3.02. The lowest BCUT2D eigenvalue weighted by Crippen LogP contribution is -2.50.